The summed E-state index contributed by atoms with van der Waals surface area (Å²) in [6, 6.07) is 0. The van der Waals surface area contributed by atoms with E-state index in [0.717, 1.165) is 46.5 Å². The van der Waals surface area contributed by atoms with E-state index in [-0.39, 0.29) is 17.1 Å². The number of aromatic nitrogens is 4. The summed E-state index contributed by atoms with van der Waals surface area (Å²) >= 11 is 3.06. The smallest absolute Gasteiger partial charge is 0.263 e. The second kappa shape index (κ2) is 8.43. The van der Waals surface area contributed by atoms with E-state index in [1.165, 1.54) is 11.8 Å². The molecule has 0 bridgehead atoms. The van der Waals surface area contributed by atoms with Crippen LogP contribution in [0.1, 0.15) is 62.7 Å². The van der Waals surface area contributed by atoms with Crippen LogP contribution in [0.15, 0.2) is 14.5 Å². The molecule has 9 heteroatoms. The van der Waals surface area contributed by atoms with Crippen molar-refractivity contribution in [3.8, 4) is 0 Å². The van der Waals surface area contributed by atoms with E-state index in [9.17, 15) is 4.79 Å². The van der Waals surface area contributed by atoms with Gasteiger partial charge < -0.3 is 9.26 Å². The highest BCUT2D eigenvalue weighted by molar-refractivity contribution is 7.98. The molecule has 3 aromatic rings. The molecule has 7 nitrogen and oxygen atoms in total. The number of rotatable bonds is 6. The first kappa shape index (κ1) is 21.5. The number of hydrogen-bond acceptors (Lipinski definition) is 8. The third-order valence-corrected chi connectivity index (χ3v) is 7.31. The fraction of sp³-hybridized carbons (Fsp3) is 0.619. The van der Waals surface area contributed by atoms with Gasteiger partial charge in [0, 0.05) is 16.9 Å². The van der Waals surface area contributed by atoms with Crippen LogP contribution in [0.4, 0.5) is 0 Å². The number of hydrogen-bond donors (Lipinski definition) is 0. The minimum atomic E-state index is -0.170. The molecule has 1 aliphatic heterocycles. The molecule has 0 aromatic carbocycles. The van der Waals surface area contributed by atoms with Gasteiger partial charge in [0.25, 0.3) is 5.56 Å². The molecular weight excluding hydrogens is 420 g/mol. The zero-order valence-corrected chi connectivity index (χ0v) is 19.8. The number of thioether (sulfide) groups is 1. The van der Waals surface area contributed by atoms with Gasteiger partial charge in [0.2, 0.25) is 5.89 Å². The largest absolute Gasteiger partial charge is 0.376 e. The maximum Gasteiger partial charge on any atom is 0.263 e. The topological polar surface area (TPSA) is 83.0 Å². The Labute approximate surface area is 184 Å². The summed E-state index contributed by atoms with van der Waals surface area (Å²) in [6.07, 6.45) is 2.89. The van der Waals surface area contributed by atoms with E-state index in [1.54, 1.807) is 15.9 Å². The van der Waals surface area contributed by atoms with E-state index < -0.39 is 0 Å². The molecule has 0 aliphatic carbocycles. The van der Waals surface area contributed by atoms with Crippen LogP contribution in [0, 0.1) is 6.92 Å². The van der Waals surface area contributed by atoms with Crippen LogP contribution < -0.4 is 5.56 Å². The summed E-state index contributed by atoms with van der Waals surface area (Å²) in [5.74, 6) is 1.69. The summed E-state index contributed by atoms with van der Waals surface area (Å²) in [4.78, 5) is 24.8. The van der Waals surface area contributed by atoms with Gasteiger partial charge >= 0.3 is 0 Å². The fourth-order valence-electron chi connectivity index (χ4n) is 3.66. The van der Waals surface area contributed by atoms with Crippen LogP contribution in [0.5, 0.6) is 0 Å². The van der Waals surface area contributed by atoms with Crippen molar-refractivity contribution in [2.75, 3.05) is 6.61 Å². The van der Waals surface area contributed by atoms with Crippen molar-refractivity contribution >= 4 is 33.3 Å². The van der Waals surface area contributed by atoms with Gasteiger partial charge in [-0.1, -0.05) is 44.6 Å². The lowest BCUT2D eigenvalue weighted by atomic mass is 9.96. The summed E-state index contributed by atoms with van der Waals surface area (Å²) < 4.78 is 13.0. The van der Waals surface area contributed by atoms with Crippen molar-refractivity contribution in [1.29, 1.82) is 0 Å². The normalized spacial score (nSPS) is 17.3. The molecule has 4 rings (SSSR count). The average molecular weight is 449 g/mol. The SMILES string of the molecule is CCc1c(C)sc2nc(SCc3nc(C(C)(C)C)no3)n(CC3CCCO3)c(=O)c12. The van der Waals surface area contributed by atoms with Crippen LogP contribution in [0.25, 0.3) is 10.2 Å². The van der Waals surface area contributed by atoms with Gasteiger partial charge in [-0.15, -0.1) is 11.3 Å². The van der Waals surface area contributed by atoms with E-state index >= 15 is 0 Å². The first-order valence-corrected chi connectivity index (χ1v) is 12.2. The number of nitrogens with zero attached hydrogens (tertiary/aromatic N) is 4. The number of thiophene rings is 1. The summed E-state index contributed by atoms with van der Waals surface area (Å²) in [5, 5.41) is 5.53. The quantitative estimate of drug-likeness (QED) is 0.406. The molecule has 0 saturated carbocycles. The van der Waals surface area contributed by atoms with Gasteiger partial charge in [-0.2, -0.15) is 4.98 Å². The highest BCUT2D eigenvalue weighted by Gasteiger charge is 2.24. The standard InChI is InChI=1S/C21H28N4O3S2/c1-6-14-12(2)30-17-16(14)18(26)25(10-13-8-7-9-27-13)20(23-17)29-11-15-22-19(24-28-15)21(3,4)5/h13H,6-11H2,1-5H3. The number of fused-ring (bicyclic) bond motifs is 1. The van der Waals surface area contributed by atoms with Crippen molar-refractivity contribution < 1.29 is 9.26 Å². The molecule has 4 heterocycles. The molecule has 1 unspecified atom stereocenters. The maximum absolute atomic E-state index is 13.5. The molecule has 0 spiro atoms. The summed E-state index contributed by atoms with van der Waals surface area (Å²) in [7, 11) is 0. The first-order chi connectivity index (χ1) is 14.3. The molecule has 1 aliphatic rings. The lowest BCUT2D eigenvalue weighted by Crippen LogP contribution is -2.29. The Hall–Kier alpha value is -1.71. The monoisotopic (exact) mass is 448 g/mol. The molecule has 0 N–H and O–H groups in total. The molecule has 1 atom stereocenters. The number of ether oxygens (including phenoxy) is 1. The van der Waals surface area contributed by atoms with Crippen molar-refractivity contribution in [2.45, 2.75) is 82.9 Å². The Balaban J connectivity index is 1.69. The van der Waals surface area contributed by atoms with Gasteiger partial charge in [-0.05, 0) is 31.7 Å². The summed E-state index contributed by atoms with van der Waals surface area (Å²) in [5.41, 5.74) is 0.966. The highest BCUT2D eigenvalue weighted by atomic mass is 32.2. The predicted octanol–water partition coefficient (Wildman–Crippen LogP) is 4.48. The van der Waals surface area contributed by atoms with Crippen molar-refractivity contribution in [3.05, 3.63) is 32.5 Å². The van der Waals surface area contributed by atoms with Gasteiger partial charge in [0.15, 0.2) is 11.0 Å². The number of aryl methyl sites for hydroxylation is 2. The first-order valence-electron chi connectivity index (χ1n) is 10.4. The third kappa shape index (κ3) is 4.20. The Bertz CT molecular complexity index is 1100. The molecule has 30 heavy (non-hydrogen) atoms. The van der Waals surface area contributed by atoms with Crippen molar-refractivity contribution in [1.82, 2.24) is 19.7 Å². The summed E-state index contributed by atoms with van der Waals surface area (Å²) in [6.45, 7) is 11.6. The van der Waals surface area contributed by atoms with Gasteiger partial charge in [0.1, 0.15) is 4.83 Å². The van der Waals surface area contributed by atoms with Crippen molar-refractivity contribution in [2.24, 2.45) is 0 Å². The van der Waals surface area contributed by atoms with Gasteiger partial charge in [-0.3, -0.25) is 9.36 Å². The van der Waals surface area contributed by atoms with Gasteiger partial charge in [-0.25, -0.2) is 4.98 Å². The lowest BCUT2D eigenvalue weighted by Gasteiger charge is -2.15. The van der Waals surface area contributed by atoms with Crippen LogP contribution >= 0.6 is 23.1 Å². The van der Waals surface area contributed by atoms with Gasteiger partial charge in [0.05, 0.1) is 23.8 Å². The Morgan fingerprint density at radius 3 is 2.73 bits per heavy atom. The Morgan fingerprint density at radius 2 is 2.10 bits per heavy atom. The van der Waals surface area contributed by atoms with Crippen LogP contribution in [-0.4, -0.2) is 32.4 Å². The second-order valence-corrected chi connectivity index (χ2v) is 10.8. The lowest BCUT2D eigenvalue weighted by molar-refractivity contribution is 0.0937. The minimum absolute atomic E-state index is 0.0279. The van der Waals surface area contributed by atoms with E-state index in [4.69, 9.17) is 14.2 Å². The molecule has 1 saturated heterocycles. The zero-order chi connectivity index (χ0) is 21.5. The van der Waals surface area contributed by atoms with E-state index in [0.29, 0.717) is 29.2 Å². The van der Waals surface area contributed by atoms with E-state index in [2.05, 4.69) is 24.0 Å². The molecular formula is C21H28N4O3S2. The van der Waals surface area contributed by atoms with Crippen LogP contribution in [-0.2, 0) is 28.9 Å². The fourth-order valence-corrected chi connectivity index (χ4v) is 5.67. The Kier molecular flexibility index (Phi) is 6.05. The molecule has 162 valence electrons. The highest BCUT2D eigenvalue weighted by Crippen LogP contribution is 2.31. The average Bonchev–Trinajstić information content (AvgIpc) is 3.41. The molecule has 1 fully saturated rings. The van der Waals surface area contributed by atoms with Crippen LogP contribution in [0.3, 0.4) is 0 Å². The van der Waals surface area contributed by atoms with Crippen LogP contribution in [0.2, 0.25) is 0 Å². The molecule has 3 aromatic heterocycles. The Morgan fingerprint density at radius 1 is 1.30 bits per heavy atom. The third-order valence-electron chi connectivity index (χ3n) is 5.30. The van der Waals surface area contributed by atoms with Crippen molar-refractivity contribution in [3.63, 3.8) is 0 Å². The predicted molar refractivity (Wildman–Crippen MR) is 120 cm³/mol. The second-order valence-electron chi connectivity index (χ2n) is 8.67. The molecule has 0 radical (unpaired) electrons. The minimum Gasteiger partial charge on any atom is -0.376 e. The molecule has 0 amide bonds. The maximum atomic E-state index is 13.5. The zero-order valence-electron chi connectivity index (χ0n) is 18.2. The van der Waals surface area contributed by atoms with E-state index in [1.807, 2.05) is 20.8 Å².